The maximum absolute atomic E-state index is 12.6. The van der Waals surface area contributed by atoms with Gasteiger partial charge in [-0.05, 0) is 43.0 Å². The first kappa shape index (κ1) is 20.9. The molecule has 0 bridgehead atoms. The molecule has 1 aliphatic rings. The number of nitrogens with one attached hydrogen (secondary N) is 1. The van der Waals surface area contributed by atoms with Crippen LogP contribution in [0.4, 0.5) is 5.69 Å². The van der Waals surface area contributed by atoms with E-state index >= 15 is 0 Å². The second-order valence-corrected chi connectivity index (χ2v) is 7.10. The Morgan fingerprint density at radius 1 is 1.11 bits per heavy atom. The minimum atomic E-state index is -1.11. The lowest BCUT2D eigenvalue weighted by atomic mass is 9.92. The molecule has 5 nitrogen and oxygen atoms in total. The van der Waals surface area contributed by atoms with Crippen LogP contribution in [-0.2, 0) is 21.7 Å². The molecule has 0 radical (unpaired) electrons. The van der Waals surface area contributed by atoms with Gasteiger partial charge in [0.1, 0.15) is 5.54 Å². The van der Waals surface area contributed by atoms with Crippen molar-refractivity contribution in [2.75, 3.05) is 5.32 Å². The second-order valence-electron chi connectivity index (χ2n) is 7.10. The number of carbonyl (C=O) groups is 2. The topological polar surface area (TPSA) is 75.4 Å². The first-order valence-electron chi connectivity index (χ1n) is 8.90. The maximum atomic E-state index is 12.6. The van der Waals surface area contributed by atoms with Crippen molar-refractivity contribution < 1.29 is 9.59 Å². The quantitative estimate of drug-likeness (QED) is 0.797. The molecular weight excluding hydrogens is 362 g/mol. The molecule has 0 aliphatic heterocycles. The van der Waals surface area contributed by atoms with Crippen LogP contribution in [0.2, 0.25) is 0 Å². The molecular formula is C21H26ClN3O2. The third kappa shape index (κ3) is 5.08. The van der Waals surface area contributed by atoms with Gasteiger partial charge in [0.15, 0.2) is 0 Å². The number of hydrogen-bond acceptors (Lipinski definition) is 3. The molecule has 27 heavy (non-hydrogen) atoms. The molecule has 0 saturated heterocycles. The molecule has 3 N–H and O–H groups in total. The third-order valence-corrected chi connectivity index (χ3v) is 4.80. The van der Waals surface area contributed by atoms with Gasteiger partial charge in [0, 0.05) is 25.2 Å². The zero-order valence-corrected chi connectivity index (χ0v) is 16.5. The van der Waals surface area contributed by atoms with E-state index in [0.717, 1.165) is 24.0 Å². The van der Waals surface area contributed by atoms with Crippen molar-refractivity contribution in [1.29, 1.82) is 0 Å². The SMILES string of the molecule is CC(=O)N(Cc1ccc(NC(=O)C(C)(N)c2ccccc2)cc1)C1CC1.Cl. The van der Waals surface area contributed by atoms with Gasteiger partial charge in [0.2, 0.25) is 11.8 Å². The van der Waals surface area contributed by atoms with Crippen LogP contribution in [0.15, 0.2) is 54.6 Å². The summed E-state index contributed by atoms with van der Waals surface area (Å²) < 4.78 is 0. The fraction of sp³-hybridized carbons (Fsp3) is 0.333. The summed E-state index contributed by atoms with van der Waals surface area (Å²) in [5.74, 6) is -0.161. The number of benzene rings is 2. The summed E-state index contributed by atoms with van der Waals surface area (Å²) in [5.41, 5.74) is 7.62. The van der Waals surface area contributed by atoms with Crippen LogP contribution >= 0.6 is 12.4 Å². The summed E-state index contributed by atoms with van der Waals surface area (Å²) in [6, 6.07) is 17.3. The highest BCUT2D eigenvalue weighted by atomic mass is 35.5. The lowest BCUT2D eigenvalue weighted by Gasteiger charge is -2.24. The highest BCUT2D eigenvalue weighted by molar-refractivity contribution is 5.98. The number of rotatable bonds is 6. The van der Waals surface area contributed by atoms with Crippen LogP contribution in [0.1, 0.15) is 37.8 Å². The summed E-state index contributed by atoms with van der Waals surface area (Å²) in [7, 11) is 0. The van der Waals surface area contributed by atoms with Gasteiger partial charge in [-0.3, -0.25) is 9.59 Å². The Bertz CT molecular complexity index is 787. The minimum Gasteiger partial charge on any atom is -0.336 e. The zero-order chi connectivity index (χ0) is 18.7. The van der Waals surface area contributed by atoms with E-state index < -0.39 is 5.54 Å². The van der Waals surface area contributed by atoms with Gasteiger partial charge in [-0.1, -0.05) is 42.5 Å². The van der Waals surface area contributed by atoms with Gasteiger partial charge in [-0.2, -0.15) is 0 Å². The Hall–Kier alpha value is -2.37. The predicted molar refractivity (Wildman–Crippen MR) is 110 cm³/mol. The van der Waals surface area contributed by atoms with Gasteiger partial charge in [0.05, 0.1) is 0 Å². The fourth-order valence-electron chi connectivity index (χ4n) is 2.95. The number of hydrogen-bond donors (Lipinski definition) is 2. The second kappa shape index (κ2) is 8.55. The van der Waals surface area contributed by atoms with E-state index in [1.165, 1.54) is 0 Å². The monoisotopic (exact) mass is 387 g/mol. The normalized spacial score (nSPS) is 15.2. The van der Waals surface area contributed by atoms with Gasteiger partial charge < -0.3 is 16.0 Å². The Labute approximate surface area is 166 Å². The number of nitrogens with two attached hydrogens (primary N) is 1. The largest absolute Gasteiger partial charge is 0.336 e. The van der Waals surface area contributed by atoms with Crippen LogP contribution in [0.3, 0.4) is 0 Å². The zero-order valence-electron chi connectivity index (χ0n) is 15.6. The van der Waals surface area contributed by atoms with Crippen LogP contribution in [0.25, 0.3) is 0 Å². The van der Waals surface area contributed by atoms with E-state index in [4.69, 9.17) is 5.73 Å². The lowest BCUT2D eigenvalue weighted by molar-refractivity contribution is -0.130. The Balaban J connectivity index is 0.00000261. The number of anilines is 1. The first-order chi connectivity index (χ1) is 12.4. The molecule has 144 valence electrons. The molecule has 3 rings (SSSR count). The number of nitrogens with zero attached hydrogens (tertiary/aromatic N) is 1. The number of halogens is 1. The molecule has 6 heteroatoms. The summed E-state index contributed by atoms with van der Waals surface area (Å²) >= 11 is 0. The number of carbonyl (C=O) groups excluding carboxylic acids is 2. The van der Waals surface area contributed by atoms with E-state index in [-0.39, 0.29) is 24.2 Å². The highest BCUT2D eigenvalue weighted by Crippen LogP contribution is 2.28. The molecule has 0 spiro atoms. The predicted octanol–water partition coefficient (Wildman–Crippen LogP) is 3.43. The van der Waals surface area contributed by atoms with Crippen LogP contribution < -0.4 is 11.1 Å². The average Bonchev–Trinajstić information content (AvgIpc) is 3.46. The molecule has 2 aromatic rings. The van der Waals surface area contributed by atoms with Crippen molar-refractivity contribution in [3.05, 3.63) is 65.7 Å². The van der Waals surface area contributed by atoms with Gasteiger partial charge in [-0.15, -0.1) is 12.4 Å². The molecule has 1 fully saturated rings. The van der Waals surface area contributed by atoms with Crippen LogP contribution in [-0.4, -0.2) is 22.8 Å². The Morgan fingerprint density at radius 2 is 1.70 bits per heavy atom. The molecule has 2 amide bonds. The molecule has 2 aromatic carbocycles. The van der Waals surface area contributed by atoms with Gasteiger partial charge in [-0.25, -0.2) is 0 Å². The fourth-order valence-corrected chi connectivity index (χ4v) is 2.95. The van der Waals surface area contributed by atoms with Crippen molar-refractivity contribution in [3.8, 4) is 0 Å². The summed E-state index contributed by atoms with van der Waals surface area (Å²) in [4.78, 5) is 26.2. The van der Waals surface area contributed by atoms with E-state index in [0.29, 0.717) is 18.3 Å². The Morgan fingerprint density at radius 3 is 2.22 bits per heavy atom. The van der Waals surface area contributed by atoms with E-state index in [2.05, 4.69) is 5.32 Å². The molecule has 1 saturated carbocycles. The average molecular weight is 388 g/mol. The molecule has 1 atom stereocenters. The third-order valence-electron chi connectivity index (χ3n) is 4.80. The van der Waals surface area contributed by atoms with Gasteiger partial charge in [0.25, 0.3) is 0 Å². The molecule has 0 aromatic heterocycles. The van der Waals surface area contributed by atoms with Crippen molar-refractivity contribution in [1.82, 2.24) is 4.90 Å². The van der Waals surface area contributed by atoms with E-state index in [1.54, 1.807) is 13.8 Å². The van der Waals surface area contributed by atoms with Crippen LogP contribution in [0, 0.1) is 0 Å². The first-order valence-corrected chi connectivity index (χ1v) is 8.90. The highest BCUT2D eigenvalue weighted by Gasteiger charge is 2.31. The standard InChI is InChI=1S/C21H25N3O2.ClH/c1-15(25)24(19-12-13-19)14-16-8-10-18(11-9-16)23-20(26)21(2,22)17-6-4-3-5-7-17;/h3-11,19H,12-14,22H2,1-2H3,(H,23,26);1H. The molecule has 0 heterocycles. The minimum absolute atomic E-state index is 0. The van der Waals surface area contributed by atoms with Crippen molar-refractivity contribution in [2.45, 2.75) is 44.8 Å². The van der Waals surface area contributed by atoms with Crippen LogP contribution in [0.5, 0.6) is 0 Å². The molecule has 1 aliphatic carbocycles. The summed E-state index contributed by atoms with van der Waals surface area (Å²) in [6.45, 7) is 3.91. The lowest BCUT2D eigenvalue weighted by Crippen LogP contribution is -2.45. The van der Waals surface area contributed by atoms with Crippen molar-refractivity contribution >= 4 is 29.9 Å². The molecule has 1 unspecified atom stereocenters. The van der Waals surface area contributed by atoms with E-state index in [1.807, 2.05) is 59.5 Å². The summed E-state index contributed by atoms with van der Waals surface area (Å²) in [5, 5.41) is 2.87. The Kier molecular flexibility index (Phi) is 6.63. The maximum Gasteiger partial charge on any atom is 0.248 e. The van der Waals surface area contributed by atoms with Crippen molar-refractivity contribution in [3.63, 3.8) is 0 Å². The smallest absolute Gasteiger partial charge is 0.248 e. The summed E-state index contributed by atoms with van der Waals surface area (Å²) in [6.07, 6.45) is 2.17. The van der Waals surface area contributed by atoms with E-state index in [9.17, 15) is 9.59 Å². The number of amides is 2. The van der Waals surface area contributed by atoms with Crippen molar-refractivity contribution in [2.24, 2.45) is 5.73 Å². The van der Waals surface area contributed by atoms with Gasteiger partial charge >= 0.3 is 0 Å².